The fourth-order valence-electron chi connectivity index (χ4n) is 3.05. The number of amides is 1. The van der Waals surface area contributed by atoms with Gasteiger partial charge >= 0.3 is 0 Å². The van der Waals surface area contributed by atoms with Crippen molar-refractivity contribution < 1.29 is 14.8 Å². The van der Waals surface area contributed by atoms with Crippen LogP contribution in [0.4, 0.5) is 5.69 Å². The SMILES string of the molecule is O=C1N=C(c2ccccc2)c2c1c([N+](=O)[O-])c1ccccc1c2O. The van der Waals surface area contributed by atoms with Gasteiger partial charge in [-0.1, -0.05) is 48.5 Å². The van der Waals surface area contributed by atoms with Gasteiger partial charge in [0, 0.05) is 10.9 Å². The van der Waals surface area contributed by atoms with Gasteiger partial charge in [-0.15, -0.1) is 0 Å². The van der Waals surface area contributed by atoms with E-state index in [0.717, 1.165) is 0 Å². The number of rotatable bonds is 2. The number of hydrogen-bond donors (Lipinski definition) is 1. The van der Waals surface area contributed by atoms with Gasteiger partial charge in [0.15, 0.2) is 0 Å². The van der Waals surface area contributed by atoms with Crippen molar-refractivity contribution in [3.8, 4) is 5.75 Å². The topological polar surface area (TPSA) is 92.8 Å². The molecule has 0 spiro atoms. The number of phenolic OH excluding ortho intramolecular Hbond substituents is 1. The smallest absolute Gasteiger partial charge is 0.290 e. The van der Waals surface area contributed by atoms with E-state index in [-0.39, 0.29) is 33.7 Å². The molecule has 0 saturated heterocycles. The molecular formula is C18H10N2O4. The van der Waals surface area contributed by atoms with Gasteiger partial charge in [-0.05, 0) is 6.07 Å². The molecule has 0 saturated carbocycles. The molecular weight excluding hydrogens is 308 g/mol. The van der Waals surface area contributed by atoms with Crippen LogP contribution in [0.3, 0.4) is 0 Å². The molecule has 0 radical (unpaired) electrons. The summed E-state index contributed by atoms with van der Waals surface area (Å²) in [6.07, 6.45) is 0. The van der Waals surface area contributed by atoms with Gasteiger partial charge in [-0.25, -0.2) is 4.99 Å². The average molecular weight is 318 g/mol. The summed E-state index contributed by atoms with van der Waals surface area (Å²) in [5, 5.41) is 22.8. The quantitative estimate of drug-likeness (QED) is 0.578. The summed E-state index contributed by atoms with van der Waals surface area (Å²) in [6.45, 7) is 0. The lowest BCUT2D eigenvalue weighted by Crippen LogP contribution is -2.05. The Balaban J connectivity index is 2.15. The third-order valence-electron chi connectivity index (χ3n) is 4.05. The standard InChI is InChI=1S/C18H10N2O4/c21-17-12-9-5-4-8-11(12)16(20(23)24)14-13(17)15(19-18(14)22)10-6-2-1-3-7-10/h1-9,21H. The van der Waals surface area contributed by atoms with Gasteiger partial charge in [-0.3, -0.25) is 14.9 Å². The van der Waals surface area contributed by atoms with Crippen LogP contribution in [0.15, 0.2) is 59.6 Å². The molecule has 6 heteroatoms. The van der Waals surface area contributed by atoms with Crippen molar-refractivity contribution in [2.24, 2.45) is 4.99 Å². The minimum Gasteiger partial charge on any atom is -0.507 e. The highest BCUT2D eigenvalue weighted by atomic mass is 16.6. The van der Waals surface area contributed by atoms with E-state index in [1.54, 1.807) is 42.5 Å². The minimum atomic E-state index is -0.711. The van der Waals surface area contributed by atoms with E-state index in [2.05, 4.69) is 4.99 Å². The second-order valence-corrected chi connectivity index (χ2v) is 5.38. The van der Waals surface area contributed by atoms with Crippen LogP contribution >= 0.6 is 0 Å². The van der Waals surface area contributed by atoms with Crippen molar-refractivity contribution in [1.29, 1.82) is 0 Å². The van der Waals surface area contributed by atoms with Crippen molar-refractivity contribution >= 4 is 28.1 Å². The molecule has 1 amide bonds. The van der Waals surface area contributed by atoms with Gasteiger partial charge in [0.05, 0.1) is 21.6 Å². The maximum atomic E-state index is 12.4. The Hall–Kier alpha value is -3.54. The zero-order chi connectivity index (χ0) is 16.8. The van der Waals surface area contributed by atoms with Gasteiger partial charge in [0.2, 0.25) is 0 Å². The summed E-state index contributed by atoms with van der Waals surface area (Å²) in [6, 6.07) is 15.2. The summed E-state index contributed by atoms with van der Waals surface area (Å²) < 4.78 is 0. The number of phenols is 1. The molecule has 6 nitrogen and oxygen atoms in total. The first-order chi connectivity index (χ1) is 11.6. The van der Waals surface area contributed by atoms with Crippen molar-refractivity contribution in [1.82, 2.24) is 0 Å². The Morgan fingerprint density at radius 2 is 1.54 bits per heavy atom. The predicted octanol–water partition coefficient (Wildman–Crippen LogP) is 3.44. The minimum absolute atomic E-state index is 0.122. The van der Waals surface area contributed by atoms with Crippen molar-refractivity contribution in [3.63, 3.8) is 0 Å². The Bertz CT molecular complexity index is 1060. The molecule has 0 unspecified atom stereocenters. The molecule has 3 aromatic rings. The fraction of sp³-hybridized carbons (Fsp3) is 0. The number of nitro groups is 1. The lowest BCUT2D eigenvalue weighted by Gasteiger charge is -2.10. The second-order valence-electron chi connectivity index (χ2n) is 5.38. The van der Waals surface area contributed by atoms with E-state index >= 15 is 0 Å². The first-order valence-corrected chi connectivity index (χ1v) is 7.20. The number of carbonyl (C=O) groups excluding carboxylic acids is 1. The zero-order valence-electron chi connectivity index (χ0n) is 12.3. The molecule has 24 heavy (non-hydrogen) atoms. The normalized spacial score (nSPS) is 13.0. The summed E-state index contributed by atoms with van der Waals surface area (Å²) in [7, 11) is 0. The van der Waals surface area contributed by atoms with Crippen LogP contribution in [0, 0.1) is 10.1 Å². The van der Waals surface area contributed by atoms with Gasteiger partial charge < -0.3 is 5.11 Å². The summed E-state index contributed by atoms with van der Waals surface area (Å²) in [5.41, 5.74) is 0.510. The highest BCUT2D eigenvalue weighted by Crippen LogP contribution is 2.43. The molecule has 0 aromatic heterocycles. The van der Waals surface area contributed by atoms with Gasteiger partial charge in [0.25, 0.3) is 11.6 Å². The van der Waals surface area contributed by atoms with Crippen LogP contribution in [0.1, 0.15) is 21.5 Å². The number of aliphatic imine (C=N–C) groups is 1. The highest BCUT2D eigenvalue weighted by Gasteiger charge is 2.37. The number of aromatic hydroxyl groups is 1. The summed E-state index contributed by atoms with van der Waals surface area (Å²) in [5.74, 6) is -0.878. The maximum Gasteiger partial charge on any atom is 0.290 e. The van der Waals surface area contributed by atoms with Gasteiger partial charge in [-0.2, -0.15) is 0 Å². The van der Waals surface area contributed by atoms with E-state index in [1.165, 1.54) is 6.07 Å². The second kappa shape index (κ2) is 4.99. The predicted molar refractivity (Wildman–Crippen MR) is 88.7 cm³/mol. The first-order valence-electron chi connectivity index (χ1n) is 7.20. The molecule has 116 valence electrons. The van der Waals surface area contributed by atoms with Crippen LogP contribution in [-0.2, 0) is 0 Å². The molecule has 0 fully saturated rings. The zero-order valence-corrected chi connectivity index (χ0v) is 12.3. The maximum absolute atomic E-state index is 12.4. The van der Waals surface area contributed by atoms with E-state index in [4.69, 9.17) is 0 Å². The molecule has 4 rings (SSSR count). The lowest BCUT2D eigenvalue weighted by molar-refractivity contribution is -0.383. The molecule has 1 N–H and O–H groups in total. The third-order valence-corrected chi connectivity index (χ3v) is 4.05. The van der Waals surface area contributed by atoms with E-state index in [1.807, 2.05) is 6.07 Å². The van der Waals surface area contributed by atoms with E-state index < -0.39 is 10.8 Å². The number of carbonyl (C=O) groups is 1. The van der Waals surface area contributed by atoms with Crippen molar-refractivity contribution in [2.75, 3.05) is 0 Å². The molecule has 3 aromatic carbocycles. The van der Waals surface area contributed by atoms with Crippen molar-refractivity contribution in [3.05, 3.63) is 81.4 Å². The van der Waals surface area contributed by atoms with Crippen molar-refractivity contribution in [2.45, 2.75) is 0 Å². The monoisotopic (exact) mass is 318 g/mol. The molecule has 0 aliphatic carbocycles. The summed E-state index contributed by atoms with van der Waals surface area (Å²) >= 11 is 0. The highest BCUT2D eigenvalue weighted by molar-refractivity contribution is 6.32. The largest absolute Gasteiger partial charge is 0.507 e. The molecule has 1 heterocycles. The number of nitrogens with zero attached hydrogens (tertiary/aromatic N) is 2. The van der Waals surface area contributed by atoms with Crippen LogP contribution in [0.2, 0.25) is 0 Å². The van der Waals surface area contributed by atoms with Crippen LogP contribution in [0.25, 0.3) is 10.8 Å². The number of benzene rings is 3. The summed E-state index contributed by atoms with van der Waals surface area (Å²) in [4.78, 5) is 27.3. The van der Waals surface area contributed by atoms with Crippen LogP contribution < -0.4 is 0 Å². The molecule has 1 aliphatic rings. The molecule has 0 atom stereocenters. The van der Waals surface area contributed by atoms with E-state index in [9.17, 15) is 20.0 Å². The molecule has 1 aliphatic heterocycles. The number of fused-ring (bicyclic) bond motifs is 2. The average Bonchev–Trinajstić information content (AvgIpc) is 2.93. The van der Waals surface area contributed by atoms with Crippen LogP contribution in [-0.4, -0.2) is 21.6 Å². The first kappa shape index (κ1) is 14.1. The Morgan fingerprint density at radius 1 is 0.917 bits per heavy atom. The Kier molecular flexibility index (Phi) is 2.93. The van der Waals surface area contributed by atoms with Crippen LogP contribution in [0.5, 0.6) is 5.75 Å². The molecule has 0 bridgehead atoms. The van der Waals surface area contributed by atoms with E-state index in [0.29, 0.717) is 10.9 Å². The van der Waals surface area contributed by atoms with Gasteiger partial charge in [0.1, 0.15) is 11.3 Å². The Morgan fingerprint density at radius 3 is 2.21 bits per heavy atom. The fourth-order valence-corrected chi connectivity index (χ4v) is 3.05. The number of hydrogen-bond acceptors (Lipinski definition) is 4. The third kappa shape index (κ3) is 1.83. The lowest BCUT2D eigenvalue weighted by atomic mass is 9.93. The Labute approximate surface area is 135 Å². The number of nitro benzene ring substituents is 1.